The lowest BCUT2D eigenvalue weighted by Crippen LogP contribution is -2.40. The van der Waals surface area contributed by atoms with Crippen LogP contribution in [-0.4, -0.2) is 30.7 Å². The standard InChI is InChI=1S/C14H23N3O/c1-10(2)18-13-5-4-8-16-14(13)17(3)12(9-15)11-6-7-11/h4-5,8,10-12H,6-7,9,15H2,1-3H3. The molecule has 1 aliphatic rings. The zero-order chi connectivity index (χ0) is 13.1. The highest BCUT2D eigenvalue weighted by Gasteiger charge is 2.34. The zero-order valence-electron chi connectivity index (χ0n) is 11.5. The summed E-state index contributed by atoms with van der Waals surface area (Å²) in [6, 6.07) is 4.25. The zero-order valence-corrected chi connectivity index (χ0v) is 11.5. The Balaban J connectivity index is 2.19. The van der Waals surface area contributed by atoms with Crippen LogP contribution < -0.4 is 15.4 Å². The second-order valence-electron chi connectivity index (χ2n) is 5.24. The van der Waals surface area contributed by atoms with E-state index in [2.05, 4.69) is 16.9 Å². The minimum atomic E-state index is 0.151. The van der Waals surface area contributed by atoms with Crippen LogP contribution in [0.2, 0.25) is 0 Å². The summed E-state index contributed by atoms with van der Waals surface area (Å²) in [7, 11) is 2.06. The second kappa shape index (κ2) is 5.57. The molecule has 18 heavy (non-hydrogen) atoms. The minimum absolute atomic E-state index is 0.151. The van der Waals surface area contributed by atoms with Crippen molar-refractivity contribution in [1.29, 1.82) is 0 Å². The molecule has 1 aliphatic carbocycles. The Morgan fingerprint density at radius 2 is 2.22 bits per heavy atom. The van der Waals surface area contributed by atoms with Crippen LogP contribution in [0.5, 0.6) is 5.75 Å². The summed E-state index contributed by atoms with van der Waals surface area (Å²) in [4.78, 5) is 6.63. The Bertz CT molecular complexity index is 390. The number of anilines is 1. The predicted octanol–water partition coefficient (Wildman–Crippen LogP) is 2.04. The highest BCUT2D eigenvalue weighted by atomic mass is 16.5. The number of nitrogens with two attached hydrogens (primary N) is 1. The van der Waals surface area contributed by atoms with Crippen molar-refractivity contribution in [3.63, 3.8) is 0 Å². The summed E-state index contributed by atoms with van der Waals surface area (Å²) in [6.07, 6.45) is 4.51. The molecular weight excluding hydrogens is 226 g/mol. The third-order valence-corrected chi connectivity index (χ3v) is 3.35. The van der Waals surface area contributed by atoms with E-state index in [0.29, 0.717) is 18.5 Å². The number of aromatic nitrogens is 1. The molecule has 1 aromatic rings. The van der Waals surface area contributed by atoms with Gasteiger partial charge in [0.05, 0.1) is 6.10 Å². The molecule has 0 saturated heterocycles. The van der Waals surface area contributed by atoms with E-state index in [1.54, 1.807) is 6.20 Å². The lowest BCUT2D eigenvalue weighted by molar-refractivity contribution is 0.241. The molecule has 4 heteroatoms. The van der Waals surface area contributed by atoms with Gasteiger partial charge in [-0.05, 0) is 44.7 Å². The summed E-state index contributed by atoms with van der Waals surface area (Å²) in [5.41, 5.74) is 5.89. The molecule has 4 nitrogen and oxygen atoms in total. The van der Waals surface area contributed by atoms with Crippen molar-refractivity contribution in [2.75, 3.05) is 18.5 Å². The predicted molar refractivity (Wildman–Crippen MR) is 74.0 cm³/mol. The molecular formula is C14H23N3O. The van der Waals surface area contributed by atoms with E-state index in [0.717, 1.165) is 11.6 Å². The third-order valence-electron chi connectivity index (χ3n) is 3.35. The molecule has 1 atom stereocenters. The molecule has 0 radical (unpaired) electrons. The molecule has 0 spiro atoms. The Labute approximate surface area is 109 Å². The van der Waals surface area contributed by atoms with Gasteiger partial charge in [-0.25, -0.2) is 4.98 Å². The lowest BCUT2D eigenvalue weighted by atomic mass is 10.1. The van der Waals surface area contributed by atoms with Gasteiger partial charge in [-0.15, -0.1) is 0 Å². The second-order valence-corrected chi connectivity index (χ2v) is 5.24. The van der Waals surface area contributed by atoms with Crippen LogP contribution in [0.1, 0.15) is 26.7 Å². The number of likely N-dealkylation sites (N-methyl/N-ethyl adjacent to an activating group) is 1. The number of ether oxygens (including phenoxy) is 1. The van der Waals surface area contributed by atoms with E-state index in [4.69, 9.17) is 10.5 Å². The Hall–Kier alpha value is -1.29. The van der Waals surface area contributed by atoms with E-state index >= 15 is 0 Å². The summed E-state index contributed by atoms with van der Waals surface area (Å²) in [5, 5.41) is 0. The van der Waals surface area contributed by atoms with Crippen molar-refractivity contribution in [3.8, 4) is 5.75 Å². The fraction of sp³-hybridized carbons (Fsp3) is 0.643. The Kier molecular flexibility index (Phi) is 4.07. The Morgan fingerprint density at radius 1 is 1.50 bits per heavy atom. The summed E-state index contributed by atoms with van der Waals surface area (Å²) < 4.78 is 5.82. The third kappa shape index (κ3) is 2.93. The molecule has 0 bridgehead atoms. The van der Waals surface area contributed by atoms with Gasteiger partial charge in [0.1, 0.15) is 0 Å². The number of rotatable bonds is 6. The maximum absolute atomic E-state index is 5.89. The maximum Gasteiger partial charge on any atom is 0.171 e. The van der Waals surface area contributed by atoms with Crippen molar-refractivity contribution >= 4 is 5.82 Å². The van der Waals surface area contributed by atoms with Gasteiger partial charge in [0.2, 0.25) is 0 Å². The largest absolute Gasteiger partial charge is 0.487 e. The highest BCUT2D eigenvalue weighted by molar-refractivity contribution is 5.52. The molecule has 100 valence electrons. The SMILES string of the molecule is CC(C)Oc1cccnc1N(C)C(CN)C1CC1. The molecule has 1 unspecified atom stereocenters. The summed E-state index contributed by atoms with van der Waals surface area (Å²) in [6.45, 7) is 4.72. The monoisotopic (exact) mass is 249 g/mol. The van der Waals surface area contributed by atoms with Crippen LogP contribution in [0.4, 0.5) is 5.82 Å². The normalized spacial score (nSPS) is 16.7. The minimum Gasteiger partial charge on any atom is -0.487 e. The molecule has 1 aromatic heterocycles. The van der Waals surface area contributed by atoms with Crippen LogP contribution in [-0.2, 0) is 0 Å². The average Bonchev–Trinajstić information content (AvgIpc) is 3.14. The van der Waals surface area contributed by atoms with Crippen molar-refractivity contribution < 1.29 is 4.74 Å². The van der Waals surface area contributed by atoms with Gasteiger partial charge in [0, 0.05) is 25.8 Å². The van der Waals surface area contributed by atoms with Crippen molar-refractivity contribution in [1.82, 2.24) is 4.98 Å². The van der Waals surface area contributed by atoms with Gasteiger partial charge in [0.25, 0.3) is 0 Å². The topological polar surface area (TPSA) is 51.4 Å². The first-order valence-corrected chi connectivity index (χ1v) is 6.68. The van der Waals surface area contributed by atoms with Gasteiger partial charge in [0.15, 0.2) is 11.6 Å². The molecule has 1 heterocycles. The molecule has 0 amide bonds. The van der Waals surface area contributed by atoms with Gasteiger partial charge in [-0.1, -0.05) is 0 Å². The van der Waals surface area contributed by atoms with Gasteiger partial charge >= 0.3 is 0 Å². The van der Waals surface area contributed by atoms with Gasteiger partial charge in [-0.3, -0.25) is 0 Å². The van der Waals surface area contributed by atoms with E-state index in [1.165, 1.54) is 12.8 Å². The Morgan fingerprint density at radius 3 is 2.78 bits per heavy atom. The van der Waals surface area contributed by atoms with Crippen molar-refractivity contribution in [2.45, 2.75) is 38.8 Å². The molecule has 1 fully saturated rings. The number of nitrogens with zero attached hydrogens (tertiary/aromatic N) is 2. The average molecular weight is 249 g/mol. The van der Waals surface area contributed by atoms with E-state index in [9.17, 15) is 0 Å². The number of pyridine rings is 1. The van der Waals surface area contributed by atoms with E-state index in [-0.39, 0.29) is 6.10 Å². The van der Waals surface area contributed by atoms with Crippen molar-refractivity contribution in [3.05, 3.63) is 18.3 Å². The first kappa shape index (κ1) is 13.1. The summed E-state index contributed by atoms with van der Waals surface area (Å²) >= 11 is 0. The molecule has 2 rings (SSSR count). The number of hydrogen-bond donors (Lipinski definition) is 1. The van der Waals surface area contributed by atoms with Crippen molar-refractivity contribution in [2.24, 2.45) is 11.7 Å². The van der Waals surface area contributed by atoms with E-state index < -0.39 is 0 Å². The van der Waals surface area contributed by atoms with Crippen LogP contribution in [0, 0.1) is 5.92 Å². The number of hydrogen-bond acceptors (Lipinski definition) is 4. The fourth-order valence-electron chi connectivity index (χ4n) is 2.30. The van der Waals surface area contributed by atoms with Crippen LogP contribution in [0.3, 0.4) is 0 Å². The molecule has 1 saturated carbocycles. The molecule has 0 aromatic carbocycles. The van der Waals surface area contributed by atoms with Crippen LogP contribution in [0.15, 0.2) is 18.3 Å². The lowest BCUT2D eigenvalue weighted by Gasteiger charge is -2.29. The van der Waals surface area contributed by atoms with Gasteiger partial charge < -0.3 is 15.4 Å². The fourth-order valence-corrected chi connectivity index (χ4v) is 2.30. The smallest absolute Gasteiger partial charge is 0.171 e. The molecule has 2 N–H and O–H groups in total. The van der Waals surface area contributed by atoms with Crippen LogP contribution >= 0.6 is 0 Å². The highest BCUT2D eigenvalue weighted by Crippen LogP contribution is 2.37. The van der Waals surface area contributed by atoms with Gasteiger partial charge in [-0.2, -0.15) is 0 Å². The first-order valence-electron chi connectivity index (χ1n) is 6.68. The quantitative estimate of drug-likeness (QED) is 0.838. The maximum atomic E-state index is 5.89. The van der Waals surface area contributed by atoms with Crippen LogP contribution in [0.25, 0.3) is 0 Å². The molecule has 0 aliphatic heterocycles. The summed E-state index contributed by atoms with van der Waals surface area (Å²) in [5.74, 6) is 2.46. The van der Waals surface area contributed by atoms with E-state index in [1.807, 2.05) is 26.0 Å². The first-order chi connectivity index (χ1) is 8.63.